The Labute approximate surface area is 203 Å². The third-order valence-corrected chi connectivity index (χ3v) is 5.94. The van der Waals surface area contributed by atoms with Gasteiger partial charge in [0.05, 0.1) is 13.7 Å². The first-order chi connectivity index (χ1) is 15.9. The Kier molecular flexibility index (Phi) is 7.87. The summed E-state index contributed by atoms with van der Waals surface area (Å²) in [5, 5.41) is 24.2. The van der Waals surface area contributed by atoms with Crippen molar-refractivity contribution < 1.29 is 24.2 Å². The van der Waals surface area contributed by atoms with Crippen molar-refractivity contribution in [2.24, 2.45) is 0 Å². The van der Waals surface area contributed by atoms with E-state index in [0.29, 0.717) is 21.3 Å². The van der Waals surface area contributed by atoms with Gasteiger partial charge in [0.15, 0.2) is 0 Å². The highest BCUT2D eigenvalue weighted by Crippen LogP contribution is 2.37. The lowest BCUT2D eigenvalue weighted by Crippen LogP contribution is -2.16. The average Bonchev–Trinajstić information content (AvgIpc) is 3.23. The van der Waals surface area contributed by atoms with Crippen LogP contribution in [0.15, 0.2) is 57.9 Å². The number of nitriles is 1. The summed E-state index contributed by atoms with van der Waals surface area (Å²) in [5.41, 5.74) is 1.58. The Bertz CT molecular complexity index is 1260. The number of carbonyl (C=O) groups excluding carboxylic acids is 2. The summed E-state index contributed by atoms with van der Waals surface area (Å²) >= 11 is 4.44. The largest absolute Gasteiger partial charge is 0.507 e. The van der Waals surface area contributed by atoms with Crippen molar-refractivity contribution in [3.63, 3.8) is 0 Å². The molecule has 0 aliphatic carbocycles. The molecular weight excluding hydrogens is 508 g/mol. The van der Waals surface area contributed by atoms with Crippen LogP contribution >= 0.6 is 27.3 Å². The van der Waals surface area contributed by atoms with Gasteiger partial charge in [-0.1, -0.05) is 28.1 Å². The number of anilines is 1. The molecule has 168 valence electrons. The Balaban J connectivity index is 1.98. The highest BCUT2D eigenvalue weighted by molar-refractivity contribution is 9.10. The highest BCUT2D eigenvalue weighted by Gasteiger charge is 2.24. The van der Waals surface area contributed by atoms with E-state index in [1.807, 2.05) is 6.07 Å². The summed E-state index contributed by atoms with van der Waals surface area (Å²) in [6.45, 7) is 1.85. The van der Waals surface area contributed by atoms with Gasteiger partial charge in [-0.05, 0) is 48.9 Å². The van der Waals surface area contributed by atoms with Gasteiger partial charge in [-0.15, -0.1) is 11.3 Å². The van der Waals surface area contributed by atoms with E-state index in [1.54, 1.807) is 55.8 Å². The first kappa shape index (κ1) is 24.0. The third-order valence-electron chi connectivity index (χ3n) is 4.55. The van der Waals surface area contributed by atoms with E-state index in [2.05, 4.69) is 21.2 Å². The summed E-state index contributed by atoms with van der Waals surface area (Å²) in [6, 6.07) is 13.6. The minimum atomic E-state index is -0.717. The highest BCUT2D eigenvalue weighted by atomic mass is 79.9. The molecule has 0 unspecified atom stereocenters. The van der Waals surface area contributed by atoms with E-state index in [1.165, 1.54) is 12.1 Å². The first-order valence-electron chi connectivity index (χ1n) is 9.72. The van der Waals surface area contributed by atoms with Crippen LogP contribution in [0.25, 0.3) is 17.2 Å². The van der Waals surface area contributed by atoms with Crippen molar-refractivity contribution in [3.05, 3.63) is 69.0 Å². The molecule has 1 heterocycles. The van der Waals surface area contributed by atoms with Crippen LogP contribution in [0.5, 0.6) is 11.5 Å². The minimum absolute atomic E-state index is 0.0797. The second kappa shape index (κ2) is 10.8. The van der Waals surface area contributed by atoms with Gasteiger partial charge in [0.25, 0.3) is 5.91 Å². The number of halogens is 1. The number of rotatable bonds is 7. The Morgan fingerprint density at radius 2 is 1.97 bits per heavy atom. The van der Waals surface area contributed by atoms with Gasteiger partial charge in [-0.2, -0.15) is 5.26 Å². The molecule has 0 bridgehead atoms. The van der Waals surface area contributed by atoms with Crippen LogP contribution in [0, 0.1) is 11.3 Å². The second-order valence-electron chi connectivity index (χ2n) is 6.63. The van der Waals surface area contributed by atoms with Gasteiger partial charge < -0.3 is 19.9 Å². The molecule has 2 N–H and O–H groups in total. The molecule has 33 heavy (non-hydrogen) atoms. The van der Waals surface area contributed by atoms with E-state index in [0.717, 1.165) is 16.9 Å². The van der Waals surface area contributed by atoms with Gasteiger partial charge in [0.2, 0.25) is 0 Å². The van der Waals surface area contributed by atoms with Crippen molar-refractivity contribution in [3.8, 4) is 28.7 Å². The number of nitrogens with zero attached hydrogens (tertiary/aromatic N) is 1. The molecule has 1 amide bonds. The number of nitrogens with one attached hydrogen (secondary N) is 1. The number of esters is 1. The Morgan fingerprint density at radius 1 is 1.24 bits per heavy atom. The molecule has 3 rings (SSSR count). The third kappa shape index (κ3) is 5.61. The molecule has 9 heteroatoms. The fourth-order valence-corrected chi connectivity index (χ4v) is 4.29. The number of phenolic OH excluding ortho intramolecular Hbond substituents is 1. The molecule has 0 saturated heterocycles. The lowest BCUT2D eigenvalue weighted by Gasteiger charge is -2.09. The van der Waals surface area contributed by atoms with Crippen molar-refractivity contribution in [2.45, 2.75) is 6.92 Å². The molecule has 0 saturated carbocycles. The topological polar surface area (TPSA) is 109 Å². The average molecular weight is 527 g/mol. The molecule has 0 fully saturated rings. The SMILES string of the molecule is CCOC(=O)c1c(-c2ccc(OC)cc2)csc1NC(=O)/C(C#N)=C/c1cc(Br)ccc1O. The Hall–Kier alpha value is -3.61. The second-order valence-corrected chi connectivity index (χ2v) is 8.42. The number of carbonyl (C=O) groups is 2. The van der Waals surface area contributed by atoms with E-state index >= 15 is 0 Å². The lowest BCUT2D eigenvalue weighted by molar-refractivity contribution is -0.112. The van der Waals surface area contributed by atoms with E-state index in [-0.39, 0.29) is 28.5 Å². The van der Waals surface area contributed by atoms with Crippen LogP contribution in [0.4, 0.5) is 5.00 Å². The van der Waals surface area contributed by atoms with Gasteiger partial charge in [-0.25, -0.2) is 4.79 Å². The lowest BCUT2D eigenvalue weighted by atomic mass is 10.0. The molecule has 0 spiro atoms. The monoisotopic (exact) mass is 526 g/mol. The molecule has 0 radical (unpaired) electrons. The van der Waals surface area contributed by atoms with Crippen molar-refractivity contribution in [1.29, 1.82) is 5.26 Å². The molecule has 0 aliphatic rings. The van der Waals surface area contributed by atoms with Crippen LogP contribution in [0.1, 0.15) is 22.8 Å². The predicted octanol–water partition coefficient (Wildman–Crippen LogP) is 5.61. The summed E-state index contributed by atoms with van der Waals surface area (Å²) in [5.74, 6) is -0.721. The standard InChI is InChI=1S/C24H19BrN2O5S/c1-3-32-24(30)21-19(14-4-7-18(31-2)8-5-14)13-33-23(21)27-22(29)16(12-26)10-15-11-17(25)6-9-20(15)28/h4-11,13,28H,3H2,1-2H3,(H,27,29)/b16-10+. The number of phenols is 1. The number of methoxy groups -OCH3 is 1. The molecule has 0 aliphatic heterocycles. The van der Waals surface area contributed by atoms with Crippen molar-refractivity contribution >= 4 is 50.2 Å². The fraction of sp³-hybridized carbons (Fsp3) is 0.125. The maximum atomic E-state index is 12.8. The van der Waals surface area contributed by atoms with Crippen molar-refractivity contribution in [2.75, 3.05) is 19.0 Å². The zero-order valence-electron chi connectivity index (χ0n) is 17.7. The van der Waals surface area contributed by atoms with Gasteiger partial charge >= 0.3 is 5.97 Å². The smallest absolute Gasteiger partial charge is 0.341 e. The number of benzene rings is 2. The van der Waals surface area contributed by atoms with Gasteiger partial charge in [0, 0.05) is 21.0 Å². The van der Waals surface area contributed by atoms with E-state index < -0.39 is 11.9 Å². The van der Waals surface area contributed by atoms with Crippen molar-refractivity contribution in [1.82, 2.24) is 0 Å². The van der Waals surface area contributed by atoms with E-state index in [4.69, 9.17) is 9.47 Å². The first-order valence-corrected chi connectivity index (χ1v) is 11.4. The number of thiophene rings is 1. The van der Waals surface area contributed by atoms with Crippen LogP contribution in [-0.4, -0.2) is 30.7 Å². The number of hydrogen-bond donors (Lipinski definition) is 2. The molecule has 2 aromatic carbocycles. The van der Waals surface area contributed by atoms with Gasteiger partial charge in [0.1, 0.15) is 33.7 Å². The maximum Gasteiger partial charge on any atom is 0.341 e. The molecule has 7 nitrogen and oxygen atoms in total. The number of ether oxygens (including phenoxy) is 2. The zero-order chi connectivity index (χ0) is 24.0. The Morgan fingerprint density at radius 3 is 2.61 bits per heavy atom. The normalized spacial score (nSPS) is 10.9. The zero-order valence-corrected chi connectivity index (χ0v) is 20.1. The van der Waals surface area contributed by atoms with E-state index in [9.17, 15) is 20.0 Å². The molecule has 3 aromatic rings. The predicted molar refractivity (Wildman–Crippen MR) is 130 cm³/mol. The van der Waals surface area contributed by atoms with Crippen LogP contribution in [-0.2, 0) is 9.53 Å². The maximum absolute atomic E-state index is 12.8. The summed E-state index contributed by atoms with van der Waals surface area (Å²) in [6.07, 6.45) is 1.28. The van der Waals surface area contributed by atoms with Crippen LogP contribution in [0.3, 0.4) is 0 Å². The quantitative estimate of drug-likeness (QED) is 0.235. The summed E-state index contributed by atoms with van der Waals surface area (Å²) in [4.78, 5) is 25.6. The summed E-state index contributed by atoms with van der Waals surface area (Å²) < 4.78 is 11.1. The summed E-state index contributed by atoms with van der Waals surface area (Å²) in [7, 11) is 1.56. The number of amides is 1. The fourth-order valence-electron chi connectivity index (χ4n) is 2.95. The molecule has 0 atom stereocenters. The van der Waals surface area contributed by atoms with Gasteiger partial charge in [-0.3, -0.25) is 4.79 Å². The van der Waals surface area contributed by atoms with Crippen LogP contribution in [0.2, 0.25) is 0 Å². The number of hydrogen-bond acceptors (Lipinski definition) is 7. The number of aromatic hydroxyl groups is 1. The molecule has 1 aromatic heterocycles. The minimum Gasteiger partial charge on any atom is -0.507 e. The molecular formula is C24H19BrN2O5S. The van der Waals surface area contributed by atoms with Crippen LogP contribution < -0.4 is 10.1 Å².